The van der Waals surface area contributed by atoms with E-state index >= 15 is 0 Å². The number of pyridine rings is 1. The fourth-order valence-electron chi connectivity index (χ4n) is 0.313. The zero-order chi connectivity index (χ0) is 4.24. The molecule has 0 aromatic carbocycles. The SMILES string of the molecule is [Hf].c1ccncc1. The molecule has 2 heteroatoms. The van der Waals surface area contributed by atoms with Crippen molar-refractivity contribution in [2.75, 3.05) is 0 Å². The Morgan fingerprint density at radius 3 is 1.57 bits per heavy atom. The molecular formula is C5H5HfN. The van der Waals surface area contributed by atoms with Gasteiger partial charge < -0.3 is 0 Å². The van der Waals surface area contributed by atoms with E-state index in [1.807, 2.05) is 18.2 Å². The van der Waals surface area contributed by atoms with Crippen LogP contribution in [0.1, 0.15) is 0 Å². The summed E-state index contributed by atoms with van der Waals surface area (Å²) in [4.78, 5) is 3.78. The van der Waals surface area contributed by atoms with Gasteiger partial charge in [-0.3, -0.25) is 4.98 Å². The van der Waals surface area contributed by atoms with Gasteiger partial charge in [0.15, 0.2) is 0 Å². The summed E-state index contributed by atoms with van der Waals surface area (Å²) >= 11 is 0. The maximum Gasteiger partial charge on any atom is 0.0267 e. The van der Waals surface area contributed by atoms with Gasteiger partial charge in [-0.2, -0.15) is 0 Å². The van der Waals surface area contributed by atoms with Crippen LogP contribution in [0, 0.1) is 0 Å². The summed E-state index contributed by atoms with van der Waals surface area (Å²) in [6, 6.07) is 5.72. The first-order chi connectivity index (χ1) is 3.00. The van der Waals surface area contributed by atoms with Gasteiger partial charge in [-0.05, 0) is 12.1 Å². The Hall–Kier alpha value is 0.0201. The number of hydrogen-bond acceptors (Lipinski definition) is 1. The zero-order valence-electron chi connectivity index (χ0n) is 3.83. The van der Waals surface area contributed by atoms with Gasteiger partial charge in [-0.1, -0.05) is 6.07 Å². The molecule has 0 spiro atoms. The minimum atomic E-state index is 0. The Bertz CT molecular complexity index is 80.0. The summed E-state index contributed by atoms with van der Waals surface area (Å²) in [5.74, 6) is 0. The fourth-order valence-corrected chi connectivity index (χ4v) is 0.313. The van der Waals surface area contributed by atoms with Crippen molar-refractivity contribution in [1.82, 2.24) is 4.98 Å². The third-order valence-corrected chi connectivity index (χ3v) is 0.566. The second-order valence-electron chi connectivity index (χ2n) is 1.02. The molecule has 0 N–H and O–H groups in total. The summed E-state index contributed by atoms with van der Waals surface area (Å²) in [5, 5.41) is 0. The van der Waals surface area contributed by atoms with Gasteiger partial charge in [0.1, 0.15) is 0 Å². The average Bonchev–Trinajstić information content (AvgIpc) is 1.72. The predicted octanol–water partition coefficient (Wildman–Crippen LogP) is 1.08. The summed E-state index contributed by atoms with van der Waals surface area (Å²) in [6.45, 7) is 0. The van der Waals surface area contributed by atoms with Gasteiger partial charge in [0.25, 0.3) is 0 Å². The Morgan fingerprint density at radius 2 is 1.43 bits per heavy atom. The standard InChI is InChI=1S/C5H5N.Hf/c1-2-4-6-5-3-1;/h1-5H;. The Morgan fingerprint density at radius 1 is 0.857 bits per heavy atom. The third-order valence-electron chi connectivity index (χ3n) is 0.566. The fraction of sp³-hybridized carbons (Fsp3) is 0. The molecule has 0 bridgehead atoms. The molecule has 1 aromatic heterocycles. The number of rotatable bonds is 0. The van der Waals surface area contributed by atoms with E-state index in [1.54, 1.807) is 12.4 Å². The molecule has 0 unspecified atom stereocenters. The monoisotopic (exact) mass is 259 g/mol. The number of nitrogens with zero attached hydrogens (tertiary/aromatic N) is 1. The van der Waals surface area contributed by atoms with E-state index in [2.05, 4.69) is 4.98 Å². The van der Waals surface area contributed by atoms with E-state index in [4.69, 9.17) is 0 Å². The van der Waals surface area contributed by atoms with Gasteiger partial charge in [0.2, 0.25) is 0 Å². The topological polar surface area (TPSA) is 12.9 Å². The van der Waals surface area contributed by atoms with Crippen LogP contribution in [0.25, 0.3) is 0 Å². The second kappa shape index (κ2) is 4.19. The van der Waals surface area contributed by atoms with Gasteiger partial charge >= 0.3 is 0 Å². The van der Waals surface area contributed by atoms with Gasteiger partial charge in [-0.15, -0.1) is 0 Å². The molecule has 34 valence electrons. The molecule has 0 amide bonds. The van der Waals surface area contributed by atoms with Crippen LogP contribution >= 0.6 is 0 Å². The van der Waals surface area contributed by atoms with Crippen LogP contribution in [0.4, 0.5) is 0 Å². The molecular weight excluding hydrogens is 253 g/mol. The van der Waals surface area contributed by atoms with Crippen molar-refractivity contribution in [3.8, 4) is 0 Å². The first kappa shape index (κ1) is 7.02. The van der Waals surface area contributed by atoms with E-state index in [0.29, 0.717) is 0 Å². The normalized spacial score (nSPS) is 6.86. The van der Waals surface area contributed by atoms with E-state index in [0.717, 1.165) is 0 Å². The van der Waals surface area contributed by atoms with Crippen molar-refractivity contribution in [1.29, 1.82) is 0 Å². The van der Waals surface area contributed by atoms with Gasteiger partial charge in [0, 0.05) is 38.2 Å². The molecule has 0 radical (unpaired) electrons. The predicted molar refractivity (Wildman–Crippen MR) is 24.2 cm³/mol. The molecule has 1 rings (SSSR count). The third kappa shape index (κ3) is 2.68. The van der Waals surface area contributed by atoms with Crippen molar-refractivity contribution < 1.29 is 25.8 Å². The molecule has 0 fully saturated rings. The van der Waals surface area contributed by atoms with Crippen LogP contribution < -0.4 is 0 Å². The largest absolute Gasteiger partial charge is 0.265 e. The van der Waals surface area contributed by atoms with Crippen molar-refractivity contribution in [2.45, 2.75) is 0 Å². The van der Waals surface area contributed by atoms with Crippen molar-refractivity contribution in [3.05, 3.63) is 30.6 Å². The van der Waals surface area contributed by atoms with Crippen LogP contribution in [-0.2, 0) is 25.8 Å². The van der Waals surface area contributed by atoms with Gasteiger partial charge in [-0.25, -0.2) is 0 Å². The molecule has 0 aliphatic heterocycles. The summed E-state index contributed by atoms with van der Waals surface area (Å²) in [7, 11) is 0. The van der Waals surface area contributed by atoms with Crippen LogP contribution in [0.15, 0.2) is 30.6 Å². The summed E-state index contributed by atoms with van der Waals surface area (Å²) in [6.07, 6.45) is 3.50. The van der Waals surface area contributed by atoms with Crippen molar-refractivity contribution >= 4 is 0 Å². The maximum absolute atomic E-state index is 3.78. The first-order valence-electron chi connectivity index (χ1n) is 1.85. The van der Waals surface area contributed by atoms with Crippen LogP contribution in [0.5, 0.6) is 0 Å². The van der Waals surface area contributed by atoms with E-state index < -0.39 is 0 Å². The minimum absolute atomic E-state index is 0. The first-order valence-corrected chi connectivity index (χ1v) is 1.85. The molecule has 0 saturated heterocycles. The molecule has 0 aliphatic rings. The van der Waals surface area contributed by atoms with Crippen molar-refractivity contribution in [2.24, 2.45) is 0 Å². The molecule has 0 atom stereocenters. The molecule has 0 aliphatic carbocycles. The minimum Gasteiger partial charge on any atom is -0.265 e. The number of hydrogen-bond donors (Lipinski definition) is 0. The summed E-state index contributed by atoms with van der Waals surface area (Å²) in [5.41, 5.74) is 0. The Labute approximate surface area is 61.6 Å². The quantitative estimate of drug-likeness (QED) is 0.634. The van der Waals surface area contributed by atoms with Crippen LogP contribution in [-0.4, -0.2) is 4.98 Å². The van der Waals surface area contributed by atoms with Crippen LogP contribution in [0.2, 0.25) is 0 Å². The molecule has 7 heavy (non-hydrogen) atoms. The Balaban J connectivity index is 0.000000360. The van der Waals surface area contributed by atoms with E-state index in [9.17, 15) is 0 Å². The van der Waals surface area contributed by atoms with E-state index in [-0.39, 0.29) is 25.8 Å². The van der Waals surface area contributed by atoms with Crippen molar-refractivity contribution in [3.63, 3.8) is 0 Å². The summed E-state index contributed by atoms with van der Waals surface area (Å²) < 4.78 is 0. The molecule has 0 saturated carbocycles. The second-order valence-corrected chi connectivity index (χ2v) is 1.02. The zero-order valence-corrected chi connectivity index (χ0v) is 7.43. The molecule has 1 nitrogen and oxygen atoms in total. The number of aromatic nitrogens is 1. The van der Waals surface area contributed by atoms with E-state index in [1.165, 1.54) is 0 Å². The molecule has 1 heterocycles. The molecule has 1 aromatic rings. The van der Waals surface area contributed by atoms with Crippen LogP contribution in [0.3, 0.4) is 0 Å². The average molecular weight is 258 g/mol. The maximum atomic E-state index is 3.78. The Kier molecular flexibility index (Phi) is 4.20. The smallest absolute Gasteiger partial charge is 0.0267 e. The van der Waals surface area contributed by atoms with Gasteiger partial charge in [0.05, 0.1) is 0 Å².